The van der Waals surface area contributed by atoms with Crippen molar-refractivity contribution in [3.63, 3.8) is 0 Å². The second-order valence-electron chi connectivity index (χ2n) is 4.84. The molecule has 0 aromatic heterocycles. The van der Waals surface area contributed by atoms with Crippen molar-refractivity contribution < 1.29 is 9.63 Å². The molecule has 0 saturated carbocycles. The van der Waals surface area contributed by atoms with Crippen LogP contribution in [-0.4, -0.2) is 25.8 Å². The number of benzene rings is 2. The molecule has 0 atom stereocenters. The number of likely N-dealkylation sites (N-methyl/N-ethyl adjacent to an activating group) is 1. The average Bonchev–Trinajstić information content (AvgIpc) is 2.58. The fourth-order valence-electron chi connectivity index (χ4n) is 2.32. The third-order valence-electron chi connectivity index (χ3n) is 3.42. The topological polar surface area (TPSA) is 50.7 Å². The van der Waals surface area contributed by atoms with Gasteiger partial charge in [0, 0.05) is 12.6 Å². The number of carbonyl (C=O) groups excluding carboxylic acids is 1. The predicted molar refractivity (Wildman–Crippen MR) is 87.9 cm³/mol. The SMILES string of the molecule is CNC(=O)/C(=N/OC)c1ccccc1CCc1ccccc1. The Morgan fingerprint density at radius 3 is 2.41 bits per heavy atom. The zero-order valence-electron chi connectivity index (χ0n) is 12.9. The molecule has 4 heteroatoms. The summed E-state index contributed by atoms with van der Waals surface area (Å²) in [4.78, 5) is 16.8. The fraction of sp³-hybridized carbons (Fsp3) is 0.222. The normalized spacial score (nSPS) is 11.1. The van der Waals surface area contributed by atoms with E-state index < -0.39 is 0 Å². The lowest BCUT2D eigenvalue weighted by Crippen LogP contribution is -2.29. The van der Waals surface area contributed by atoms with Gasteiger partial charge in [-0.05, 0) is 24.0 Å². The Kier molecular flexibility index (Phi) is 5.72. The molecule has 0 fully saturated rings. The molecule has 4 nitrogen and oxygen atoms in total. The maximum absolute atomic E-state index is 12.0. The molecular weight excluding hydrogens is 276 g/mol. The van der Waals surface area contributed by atoms with Gasteiger partial charge in [-0.15, -0.1) is 0 Å². The second-order valence-corrected chi connectivity index (χ2v) is 4.84. The molecule has 0 aliphatic rings. The number of hydrogen-bond donors (Lipinski definition) is 1. The zero-order valence-corrected chi connectivity index (χ0v) is 12.9. The Morgan fingerprint density at radius 2 is 1.73 bits per heavy atom. The van der Waals surface area contributed by atoms with E-state index >= 15 is 0 Å². The fourth-order valence-corrected chi connectivity index (χ4v) is 2.32. The molecule has 2 aromatic carbocycles. The molecule has 0 aliphatic carbocycles. The van der Waals surface area contributed by atoms with Crippen molar-refractivity contribution in [2.24, 2.45) is 5.16 Å². The number of aryl methyl sites for hydroxylation is 2. The van der Waals surface area contributed by atoms with Gasteiger partial charge in [0.2, 0.25) is 0 Å². The standard InChI is InChI=1S/C18H20N2O2/c1-19-18(21)17(20-22-2)16-11-7-6-10-15(16)13-12-14-8-4-3-5-9-14/h3-11H,12-13H2,1-2H3,(H,19,21)/b20-17+. The van der Waals surface area contributed by atoms with E-state index in [0.717, 1.165) is 24.0 Å². The summed E-state index contributed by atoms with van der Waals surface area (Å²) in [6.07, 6.45) is 1.74. The van der Waals surface area contributed by atoms with Crippen LogP contribution in [0.3, 0.4) is 0 Å². The van der Waals surface area contributed by atoms with Crippen LogP contribution in [0, 0.1) is 0 Å². The van der Waals surface area contributed by atoms with Gasteiger partial charge in [0.25, 0.3) is 5.91 Å². The molecule has 2 aromatic rings. The minimum atomic E-state index is -0.256. The first-order valence-electron chi connectivity index (χ1n) is 7.21. The van der Waals surface area contributed by atoms with E-state index in [9.17, 15) is 4.79 Å². The molecule has 0 aliphatic heterocycles. The smallest absolute Gasteiger partial charge is 0.273 e. The van der Waals surface area contributed by atoms with E-state index in [4.69, 9.17) is 4.84 Å². The Labute approximate surface area is 130 Å². The lowest BCUT2D eigenvalue weighted by atomic mass is 9.97. The van der Waals surface area contributed by atoms with E-state index in [1.165, 1.54) is 12.7 Å². The first-order valence-corrected chi connectivity index (χ1v) is 7.21. The number of carbonyl (C=O) groups is 1. The van der Waals surface area contributed by atoms with Gasteiger partial charge in [-0.3, -0.25) is 4.79 Å². The van der Waals surface area contributed by atoms with Crippen LogP contribution in [0.2, 0.25) is 0 Å². The third kappa shape index (κ3) is 3.95. The number of oxime groups is 1. The van der Waals surface area contributed by atoms with E-state index in [1.54, 1.807) is 7.05 Å². The van der Waals surface area contributed by atoms with Gasteiger partial charge in [0.05, 0.1) is 0 Å². The van der Waals surface area contributed by atoms with Crippen molar-refractivity contribution in [3.05, 3.63) is 71.3 Å². The highest BCUT2D eigenvalue weighted by molar-refractivity contribution is 6.45. The summed E-state index contributed by atoms with van der Waals surface area (Å²) in [5, 5.41) is 6.49. The zero-order chi connectivity index (χ0) is 15.8. The van der Waals surface area contributed by atoms with Crippen LogP contribution in [0.1, 0.15) is 16.7 Å². The highest BCUT2D eigenvalue weighted by Gasteiger charge is 2.16. The Bertz CT molecular complexity index is 651. The van der Waals surface area contributed by atoms with E-state index in [2.05, 4.69) is 22.6 Å². The molecule has 1 amide bonds. The van der Waals surface area contributed by atoms with Crippen molar-refractivity contribution in [1.29, 1.82) is 0 Å². The highest BCUT2D eigenvalue weighted by atomic mass is 16.6. The van der Waals surface area contributed by atoms with E-state index in [1.807, 2.05) is 42.5 Å². The lowest BCUT2D eigenvalue weighted by molar-refractivity contribution is -0.114. The predicted octanol–water partition coefficient (Wildman–Crippen LogP) is 2.57. The summed E-state index contributed by atoms with van der Waals surface area (Å²) >= 11 is 0. The summed E-state index contributed by atoms with van der Waals surface area (Å²) in [5.74, 6) is -0.256. The van der Waals surface area contributed by atoms with Gasteiger partial charge in [0.1, 0.15) is 7.11 Å². The molecular formula is C18H20N2O2. The van der Waals surface area contributed by atoms with Crippen LogP contribution in [0.5, 0.6) is 0 Å². The Hall–Kier alpha value is -2.62. The first-order chi connectivity index (χ1) is 10.8. The Balaban J connectivity index is 2.26. The van der Waals surface area contributed by atoms with Gasteiger partial charge in [-0.25, -0.2) is 0 Å². The molecule has 0 spiro atoms. The quantitative estimate of drug-likeness (QED) is 0.658. The monoisotopic (exact) mass is 296 g/mol. The molecule has 0 heterocycles. The van der Waals surface area contributed by atoms with Crippen LogP contribution < -0.4 is 5.32 Å². The summed E-state index contributed by atoms with van der Waals surface area (Å²) in [6, 6.07) is 18.1. The summed E-state index contributed by atoms with van der Waals surface area (Å²) in [7, 11) is 3.02. The molecule has 0 bridgehead atoms. The number of hydrogen-bond acceptors (Lipinski definition) is 3. The van der Waals surface area contributed by atoms with Gasteiger partial charge in [-0.1, -0.05) is 59.8 Å². The lowest BCUT2D eigenvalue weighted by Gasteiger charge is -2.11. The summed E-state index contributed by atoms with van der Waals surface area (Å²) in [5.41, 5.74) is 3.45. The van der Waals surface area contributed by atoms with Gasteiger partial charge in [-0.2, -0.15) is 0 Å². The maximum atomic E-state index is 12.0. The Morgan fingerprint density at radius 1 is 1.05 bits per heavy atom. The molecule has 0 saturated heterocycles. The number of rotatable bonds is 6. The van der Waals surface area contributed by atoms with Crippen LogP contribution in [0.4, 0.5) is 0 Å². The first kappa shape index (κ1) is 15.8. The molecule has 0 radical (unpaired) electrons. The molecule has 22 heavy (non-hydrogen) atoms. The van der Waals surface area contributed by atoms with Crippen molar-refractivity contribution >= 4 is 11.6 Å². The maximum Gasteiger partial charge on any atom is 0.273 e. The van der Waals surface area contributed by atoms with Crippen molar-refractivity contribution in [1.82, 2.24) is 5.32 Å². The summed E-state index contributed by atoms with van der Waals surface area (Å²) in [6.45, 7) is 0. The van der Waals surface area contributed by atoms with Crippen molar-refractivity contribution in [3.8, 4) is 0 Å². The second kappa shape index (κ2) is 7.98. The van der Waals surface area contributed by atoms with E-state index in [0.29, 0.717) is 5.71 Å². The minimum absolute atomic E-state index is 0.256. The highest BCUT2D eigenvalue weighted by Crippen LogP contribution is 2.14. The molecule has 1 N–H and O–H groups in total. The van der Waals surface area contributed by atoms with Gasteiger partial charge >= 0.3 is 0 Å². The number of amides is 1. The largest absolute Gasteiger partial charge is 0.398 e. The molecule has 2 rings (SSSR count). The summed E-state index contributed by atoms with van der Waals surface area (Å²) < 4.78 is 0. The number of nitrogens with zero attached hydrogens (tertiary/aromatic N) is 1. The van der Waals surface area contributed by atoms with Crippen molar-refractivity contribution in [2.75, 3.05) is 14.2 Å². The van der Waals surface area contributed by atoms with Crippen LogP contribution >= 0.6 is 0 Å². The molecule has 114 valence electrons. The average molecular weight is 296 g/mol. The van der Waals surface area contributed by atoms with Gasteiger partial charge in [0.15, 0.2) is 5.71 Å². The van der Waals surface area contributed by atoms with E-state index in [-0.39, 0.29) is 5.91 Å². The van der Waals surface area contributed by atoms with Crippen LogP contribution in [0.15, 0.2) is 59.8 Å². The number of nitrogens with one attached hydrogen (secondary N) is 1. The third-order valence-corrected chi connectivity index (χ3v) is 3.42. The minimum Gasteiger partial charge on any atom is -0.398 e. The molecule has 0 unspecified atom stereocenters. The van der Waals surface area contributed by atoms with Crippen LogP contribution in [0.25, 0.3) is 0 Å². The van der Waals surface area contributed by atoms with Gasteiger partial charge < -0.3 is 10.2 Å². The van der Waals surface area contributed by atoms with Crippen molar-refractivity contribution in [2.45, 2.75) is 12.8 Å². The van der Waals surface area contributed by atoms with Crippen LogP contribution in [-0.2, 0) is 22.5 Å².